The van der Waals surface area contributed by atoms with Crippen LogP contribution in [0.1, 0.15) is 107 Å². The molecule has 1 aliphatic carbocycles. The van der Waals surface area contributed by atoms with E-state index in [0.717, 1.165) is 29.7 Å². The molecule has 2 aromatic carbocycles. The van der Waals surface area contributed by atoms with Crippen LogP contribution in [-0.2, 0) is 50.5 Å². The molecule has 5 N–H and O–H groups in total. The molecule has 0 unspecified atom stereocenters. The minimum Gasteiger partial charge on any atom is -1.00 e. The molecule has 17 heteroatoms. The Morgan fingerprint density at radius 2 is 1.15 bits per heavy atom. The Morgan fingerprint density at radius 3 is 1.50 bits per heavy atom. The van der Waals surface area contributed by atoms with Gasteiger partial charge in [-0.15, -0.1) is 0 Å². The SMILES string of the molecule is CC(C)O.CC(C)O.CC(C)O.CC(C)O.COC(=O)c1cc2c(cc1C#N)OCO2.O=C1NC2(CC2)c2cc3c(cc21)OCO3.[Br-].[CH2-]C.[Mg+2].[Ti].[V]. The topological polar surface area (TPSA) is 197 Å². The monoisotopic (exact) mass is 879 g/mol. The summed E-state index contributed by atoms with van der Waals surface area (Å²) in [7, 11) is 1.26. The predicted molar refractivity (Wildman–Crippen MR) is 186 cm³/mol. The number of nitrogens with zero attached hydrogens (tertiary/aromatic N) is 1. The van der Waals surface area contributed by atoms with Crippen molar-refractivity contribution in [2.24, 2.45) is 0 Å². The van der Waals surface area contributed by atoms with E-state index < -0.39 is 5.97 Å². The van der Waals surface area contributed by atoms with E-state index in [2.05, 4.69) is 17.0 Å². The van der Waals surface area contributed by atoms with Crippen LogP contribution < -0.4 is 41.2 Å². The van der Waals surface area contributed by atoms with Gasteiger partial charge in [0.05, 0.1) is 23.8 Å². The second kappa shape index (κ2) is 30.7. The van der Waals surface area contributed by atoms with Crippen LogP contribution in [0.5, 0.6) is 23.0 Å². The molecule has 287 valence electrons. The number of aliphatic hydroxyl groups is 4. The fourth-order valence-electron chi connectivity index (χ4n) is 3.71. The standard InChI is InChI=1S/C11H9NO3.C10H7NO4.4C3H8O.C2H5.BrH.Mg.Ti.V/c13-10-6-3-8-9(15-5-14-8)4-7(6)11(12-10)1-2-11;1-13-10(12)7-3-9-8(14-5-15-9)2-6(7)4-11;4*1-3(2)4;1-2;;;;/h3-4H,1-2,5H2,(H,12,13);2-3H,5H2,1H3;4*3-4H,1-2H3;1H2,2H3;1H;;;/q;;;;;;-1;;+2;;/p-1. The largest absolute Gasteiger partial charge is 2.00 e. The van der Waals surface area contributed by atoms with Gasteiger partial charge in [-0.05, 0) is 85.9 Å². The number of benzene rings is 2. The van der Waals surface area contributed by atoms with Gasteiger partial charge in [0, 0.05) is 82.4 Å². The molecule has 13 nitrogen and oxygen atoms in total. The zero-order valence-electron chi connectivity index (χ0n) is 31.8. The van der Waals surface area contributed by atoms with Gasteiger partial charge in [0.15, 0.2) is 23.0 Å². The number of methoxy groups -OCH3 is 1. The van der Waals surface area contributed by atoms with Crippen LogP contribution in [0, 0.1) is 18.3 Å². The van der Waals surface area contributed by atoms with Crippen molar-refractivity contribution >= 4 is 34.9 Å². The van der Waals surface area contributed by atoms with Crippen molar-refractivity contribution in [3.05, 3.63) is 53.4 Å². The zero-order chi connectivity index (χ0) is 37.2. The first-order valence-corrected chi connectivity index (χ1v) is 15.6. The van der Waals surface area contributed by atoms with E-state index in [-0.39, 0.29) is 141 Å². The Kier molecular flexibility index (Phi) is 35.3. The Bertz CT molecular complexity index is 1320. The van der Waals surface area contributed by atoms with Crippen molar-refractivity contribution in [1.29, 1.82) is 5.26 Å². The van der Waals surface area contributed by atoms with Gasteiger partial charge in [-0.3, -0.25) is 4.79 Å². The summed E-state index contributed by atoms with van der Waals surface area (Å²) in [6.07, 6.45) is 1.40. The second-order valence-electron chi connectivity index (χ2n) is 11.5. The van der Waals surface area contributed by atoms with Crippen LogP contribution in [0.25, 0.3) is 0 Å². The third-order valence-electron chi connectivity index (χ3n) is 5.41. The molecule has 0 atom stereocenters. The molecule has 1 fully saturated rings. The third kappa shape index (κ3) is 22.0. The quantitative estimate of drug-likeness (QED) is 0.157. The number of halogens is 1. The van der Waals surface area contributed by atoms with E-state index in [1.807, 2.05) is 12.1 Å². The summed E-state index contributed by atoms with van der Waals surface area (Å²) in [5.41, 5.74) is 2.15. The maximum absolute atomic E-state index is 11.7. The Labute approximate surface area is 362 Å². The molecule has 4 aliphatic rings. The number of fused-ring (bicyclic) bond motifs is 4. The van der Waals surface area contributed by atoms with Crippen molar-refractivity contribution in [2.45, 2.75) is 105 Å². The normalized spacial score (nSPS) is 12.9. The van der Waals surface area contributed by atoms with Crippen LogP contribution in [0.2, 0.25) is 0 Å². The average molecular weight is 881 g/mol. The Balaban J connectivity index is -0.000000186. The van der Waals surface area contributed by atoms with Crippen LogP contribution in [0.15, 0.2) is 24.3 Å². The first-order chi connectivity index (χ1) is 22.5. The van der Waals surface area contributed by atoms with E-state index >= 15 is 0 Å². The maximum atomic E-state index is 11.7. The molecular weight excluding hydrogens is 827 g/mol. The second-order valence-corrected chi connectivity index (χ2v) is 11.5. The van der Waals surface area contributed by atoms with E-state index in [1.165, 1.54) is 19.2 Å². The number of aliphatic hydroxyl groups excluding tert-OH is 4. The van der Waals surface area contributed by atoms with E-state index in [0.29, 0.717) is 17.2 Å². The number of nitrogens with one attached hydrogen (secondary N) is 1. The van der Waals surface area contributed by atoms with Gasteiger partial charge in [0.25, 0.3) is 5.91 Å². The van der Waals surface area contributed by atoms with Crippen molar-refractivity contribution in [1.82, 2.24) is 5.32 Å². The molecule has 1 amide bonds. The number of rotatable bonds is 1. The first kappa shape index (κ1) is 59.7. The van der Waals surface area contributed by atoms with Crippen molar-refractivity contribution in [3.8, 4) is 29.1 Å². The fourth-order valence-corrected chi connectivity index (χ4v) is 3.71. The molecule has 52 heavy (non-hydrogen) atoms. The molecule has 6 rings (SSSR count). The van der Waals surface area contributed by atoms with Gasteiger partial charge in [-0.2, -0.15) is 12.2 Å². The number of hydrogen-bond acceptors (Lipinski definition) is 12. The number of nitriles is 1. The van der Waals surface area contributed by atoms with Crippen molar-refractivity contribution in [3.63, 3.8) is 0 Å². The summed E-state index contributed by atoms with van der Waals surface area (Å²) in [6.45, 7) is 19.1. The predicted octanol–water partition coefficient (Wildman–Crippen LogP) is 1.23. The summed E-state index contributed by atoms with van der Waals surface area (Å²) >= 11 is 0. The number of carbonyl (C=O) groups is 2. The molecule has 0 aromatic heterocycles. The van der Waals surface area contributed by atoms with Crippen LogP contribution in [0.4, 0.5) is 0 Å². The van der Waals surface area contributed by atoms with Crippen molar-refractivity contribution in [2.75, 3.05) is 20.7 Å². The van der Waals surface area contributed by atoms with E-state index in [1.54, 1.807) is 68.4 Å². The van der Waals surface area contributed by atoms with Gasteiger partial charge in [0.1, 0.15) is 6.07 Å². The van der Waals surface area contributed by atoms with Gasteiger partial charge in [-0.1, -0.05) is 0 Å². The maximum Gasteiger partial charge on any atom is 2.00 e. The summed E-state index contributed by atoms with van der Waals surface area (Å²) < 4.78 is 25.3. The van der Waals surface area contributed by atoms with Gasteiger partial charge < -0.3 is 73.3 Å². The molecular formula is C35H53BrMgN2O11TiV. The summed E-state index contributed by atoms with van der Waals surface area (Å²) in [4.78, 5) is 23.0. The molecule has 3 aliphatic heterocycles. The van der Waals surface area contributed by atoms with Gasteiger partial charge >= 0.3 is 29.0 Å². The minimum atomic E-state index is -0.565. The number of carbonyl (C=O) groups excluding carboxylic acids is 2. The van der Waals surface area contributed by atoms with Gasteiger partial charge in [0.2, 0.25) is 13.6 Å². The molecule has 0 saturated heterocycles. The van der Waals surface area contributed by atoms with Crippen LogP contribution >= 0.6 is 0 Å². The molecule has 1 saturated carbocycles. The fraction of sp³-hybridized carbons (Fsp3) is 0.543. The Morgan fingerprint density at radius 1 is 0.808 bits per heavy atom. The molecule has 0 bridgehead atoms. The Hall–Kier alpha value is -1.55. The summed E-state index contributed by atoms with van der Waals surface area (Å²) in [5.74, 6) is 1.82. The molecule has 1 spiro atoms. The first-order valence-electron chi connectivity index (χ1n) is 15.6. The van der Waals surface area contributed by atoms with E-state index in [4.69, 9.17) is 44.6 Å². The number of ether oxygens (including phenoxy) is 5. The third-order valence-corrected chi connectivity index (χ3v) is 5.41. The number of amides is 1. The summed E-state index contributed by atoms with van der Waals surface area (Å²) in [5, 5.41) is 44.1. The minimum absolute atomic E-state index is 0. The van der Waals surface area contributed by atoms with E-state index in [9.17, 15) is 9.59 Å². The molecule has 2 aromatic rings. The number of hydrogen-bond donors (Lipinski definition) is 5. The molecule has 3 heterocycles. The molecule has 1 radical (unpaired) electrons. The average Bonchev–Trinajstić information content (AvgIpc) is 3.29. The van der Waals surface area contributed by atoms with Crippen LogP contribution in [0.3, 0.4) is 0 Å². The number of esters is 1. The van der Waals surface area contributed by atoms with Crippen LogP contribution in [-0.4, -0.2) is 100 Å². The zero-order valence-corrected chi connectivity index (χ0v) is 37.7. The van der Waals surface area contributed by atoms with Gasteiger partial charge in [-0.25, -0.2) is 4.79 Å². The summed E-state index contributed by atoms with van der Waals surface area (Å²) in [6, 6.07) is 8.56. The van der Waals surface area contributed by atoms with Crippen molar-refractivity contribution < 1.29 is 111 Å². The smallest absolute Gasteiger partial charge is 1.00 e.